The molecule has 0 aliphatic carbocycles. The maximum atomic E-state index is 13.1. The molecule has 0 aliphatic rings. The number of carbonyl (C=O) groups excluding carboxylic acids is 2. The highest BCUT2D eigenvalue weighted by Gasteiger charge is 2.15. The van der Waals surface area contributed by atoms with Gasteiger partial charge in [-0.1, -0.05) is 67.9 Å². The van der Waals surface area contributed by atoms with Crippen molar-refractivity contribution >= 4 is 29.3 Å². The molecule has 0 bridgehead atoms. The van der Waals surface area contributed by atoms with Gasteiger partial charge in [0.25, 0.3) is 5.91 Å². The van der Waals surface area contributed by atoms with Crippen LogP contribution in [-0.2, 0) is 17.9 Å². The number of nitrogens with zero attached hydrogens (tertiary/aromatic N) is 1. The summed E-state index contributed by atoms with van der Waals surface area (Å²) in [6.07, 6.45) is 3.45. The monoisotopic (exact) mass is 533 g/mol. The number of rotatable bonds is 11. The third kappa shape index (κ3) is 8.78. The second-order valence-corrected chi connectivity index (χ2v) is 9.28. The zero-order chi connectivity index (χ0) is 27.3. The normalized spacial score (nSPS) is 11.4. The molecule has 2 N–H and O–H groups in total. The summed E-state index contributed by atoms with van der Waals surface area (Å²) in [6.45, 7) is 6.87. The molecule has 0 fully saturated rings. The molecule has 0 spiro atoms. The molecule has 7 nitrogen and oxygen atoms in total. The van der Waals surface area contributed by atoms with Crippen LogP contribution < -0.4 is 15.5 Å². The predicted molar refractivity (Wildman–Crippen MR) is 150 cm³/mol. The Kier molecular flexibility index (Phi) is 10.9. The molecule has 198 valence electrons. The fourth-order valence-electron chi connectivity index (χ4n) is 3.41. The van der Waals surface area contributed by atoms with Crippen molar-refractivity contribution < 1.29 is 19.1 Å². The van der Waals surface area contributed by atoms with Gasteiger partial charge in [-0.15, -0.1) is 0 Å². The highest BCUT2D eigenvalue weighted by Crippen LogP contribution is 2.23. The second kappa shape index (κ2) is 14.6. The van der Waals surface area contributed by atoms with Crippen molar-refractivity contribution in [3.63, 3.8) is 0 Å². The molecule has 0 aromatic heterocycles. The molecule has 3 aromatic carbocycles. The van der Waals surface area contributed by atoms with Gasteiger partial charge < -0.3 is 20.2 Å². The topological polar surface area (TPSA) is 89.0 Å². The van der Waals surface area contributed by atoms with Crippen molar-refractivity contribution in [1.82, 2.24) is 10.7 Å². The maximum absolute atomic E-state index is 13.1. The third-order valence-electron chi connectivity index (χ3n) is 5.26. The van der Waals surface area contributed by atoms with Gasteiger partial charge in [0.1, 0.15) is 12.4 Å². The molecule has 0 unspecified atom stereocenters. The summed E-state index contributed by atoms with van der Waals surface area (Å²) in [5, 5.41) is 7.75. The number of allylic oxidation sites excluding steroid dienone is 1. The van der Waals surface area contributed by atoms with Crippen LogP contribution in [0.5, 0.6) is 5.75 Å². The molecule has 0 radical (unpaired) electrons. The van der Waals surface area contributed by atoms with E-state index in [-0.39, 0.29) is 12.5 Å². The summed E-state index contributed by atoms with van der Waals surface area (Å²) >= 11 is 6.18. The Morgan fingerprint density at radius 3 is 2.47 bits per heavy atom. The van der Waals surface area contributed by atoms with E-state index in [1.807, 2.05) is 25.1 Å². The zero-order valence-corrected chi connectivity index (χ0v) is 22.5. The summed E-state index contributed by atoms with van der Waals surface area (Å²) < 4.78 is 11.3. The molecule has 8 heteroatoms. The van der Waals surface area contributed by atoms with Crippen molar-refractivity contribution in [2.45, 2.75) is 33.9 Å². The molecular formula is C30H32ClN3O4. The van der Waals surface area contributed by atoms with E-state index in [1.54, 1.807) is 66.7 Å². The molecule has 0 saturated carbocycles. The molecule has 1 amide bonds. The Labute approximate surface area is 228 Å². The number of carbonyl (C=O) groups is 2. The zero-order valence-electron chi connectivity index (χ0n) is 21.7. The van der Waals surface area contributed by atoms with Crippen LogP contribution in [0.4, 0.5) is 0 Å². The van der Waals surface area contributed by atoms with E-state index in [9.17, 15) is 9.59 Å². The first kappa shape index (κ1) is 28.5. The van der Waals surface area contributed by atoms with E-state index in [1.165, 1.54) is 0 Å². The van der Waals surface area contributed by atoms with E-state index >= 15 is 0 Å². The third-order valence-corrected chi connectivity index (χ3v) is 5.50. The highest BCUT2D eigenvalue weighted by atomic mass is 35.5. The quantitative estimate of drug-likeness (QED) is 0.134. The van der Waals surface area contributed by atoms with Crippen LogP contribution in [0.1, 0.15) is 52.6 Å². The molecule has 3 aromatic rings. The first-order valence-corrected chi connectivity index (χ1v) is 12.7. The number of hydrazone groups is 1. The van der Waals surface area contributed by atoms with Gasteiger partial charge in [-0.2, -0.15) is 5.10 Å². The van der Waals surface area contributed by atoms with Crippen LogP contribution in [0.2, 0.25) is 5.02 Å². The molecule has 0 saturated heterocycles. The van der Waals surface area contributed by atoms with Crippen LogP contribution >= 0.6 is 11.6 Å². The average molecular weight is 534 g/mol. The maximum Gasteiger partial charge on any atom is 0.338 e. The number of ether oxygens (including phenoxy) is 2. The minimum Gasteiger partial charge on any atom is -0.493 e. The van der Waals surface area contributed by atoms with Gasteiger partial charge in [0, 0.05) is 21.7 Å². The number of halogens is 1. The first-order valence-electron chi connectivity index (χ1n) is 12.3. The predicted octanol–water partition coefficient (Wildman–Crippen LogP) is 6.14. The van der Waals surface area contributed by atoms with Crippen LogP contribution in [-0.4, -0.2) is 24.3 Å². The Morgan fingerprint density at radius 2 is 1.74 bits per heavy atom. The van der Waals surface area contributed by atoms with Gasteiger partial charge in [0.15, 0.2) is 5.84 Å². The Balaban J connectivity index is 1.67. The van der Waals surface area contributed by atoms with Gasteiger partial charge in [-0.05, 0) is 55.3 Å². The van der Waals surface area contributed by atoms with Gasteiger partial charge in [-0.25, -0.2) is 4.79 Å². The Morgan fingerprint density at radius 1 is 1.00 bits per heavy atom. The minimum atomic E-state index is -0.459. The standard InChI is InChI=1S/C30H32ClN3O4/c1-4-10-28(34-32-18-24-17-25(31)15-16-27(24)37-19-21(2)3)33-29(35)26-14-9-8-13-23(26)20-38-30(36)22-11-6-5-7-12-22/h4-17,21,32H,18-20H2,1-3H3,(H,33,34,35)/b10-4+. The lowest BCUT2D eigenvalue weighted by Crippen LogP contribution is -2.31. The molecule has 38 heavy (non-hydrogen) atoms. The van der Waals surface area contributed by atoms with E-state index in [0.717, 1.165) is 11.3 Å². The Bertz CT molecular complexity index is 1290. The molecule has 0 aliphatic heterocycles. The number of benzene rings is 3. The second-order valence-electron chi connectivity index (χ2n) is 8.84. The summed E-state index contributed by atoms with van der Waals surface area (Å²) in [6, 6.07) is 21.1. The summed E-state index contributed by atoms with van der Waals surface area (Å²) in [5.41, 5.74) is 5.23. The van der Waals surface area contributed by atoms with Gasteiger partial charge in [-0.3, -0.25) is 4.79 Å². The summed E-state index contributed by atoms with van der Waals surface area (Å²) in [7, 11) is 0. The van der Waals surface area contributed by atoms with Crippen LogP contribution in [0.3, 0.4) is 0 Å². The molecule has 0 heterocycles. The summed E-state index contributed by atoms with van der Waals surface area (Å²) in [4.78, 5) is 25.5. The fourth-order valence-corrected chi connectivity index (χ4v) is 3.60. The van der Waals surface area contributed by atoms with Crippen LogP contribution in [0.15, 0.2) is 90.0 Å². The number of esters is 1. The van der Waals surface area contributed by atoms with Crippen molar-refractivity contribution in [2.24, 2.45) is 11.0 Å². The molecule has 0 atom stereocenters. The van der Waals surface area contributed by atoms with E-state index < -0.39 is 5.97 Å². The largest absolute Gasteiger partial charge is 0.493 e. The van der Waals surface area contributed by atoms with E-state index in [0.29, 0.717) is 46.6 Å². The lowest BCUT2D eigenvalue weighted by molar-refractivity contribution is 0.0470. The van der Waals surface area contributed by atoms with Crippen molar-refractivity contribution in [2.75, 3.05) is 6.61 Å². The number of hydrogen-bond donors (Lipinski definition) is 2. The number of amidine groups is 1. The lowest BCUT2D eigenvalue weighted by Gasteiger charge is -2.14. The van der Waals surface area contributed by atoms with Crippen molar-refractivity contribution in [3.05, 3.63) is 112 Å². The van der Waals surface area contributed by atoms with Crippen LogP contribution in [0.25, 0.3) is 0 Å². The van der Waals surface area contributed by atoms with Gasteiger partial charge in [0.2, 0.25) is 0 Å². The van der Waals surface area contributed by atoms with Crippen molar-refractivity contribution in [3.8, 4) is 5.75 Å². The molecular weight excluding hydrogens is 502 g/mol. The average Bonchev–Trinajstić information content (AvgIpc) is 2.92. The van der Waals surface area contributed by atoms with E-state index in [4.69, 9.17) is 21.1 Å². The number of amides is 1. The SMILES string of the molecule is C/C=C/C(=N\NCc1cc(Cl)ccc1OCC(C)C)NC(=O)c1ccccc1COC(=O)c1ccccc1. The van der Waals surface area contributed by atoms with E-state index in [2.05, 4.69) is 29.7 Å². The lowest BCUT2D eigenvalue weighted by atomic mass is 10.1. The number of hydrogen-bond acceptors (Lipinski definition) is 6. The van der Waals surface area contributed by atoms with Gasteiger partial charge >= 0.3 is 5.97 Å². The minimum absolute atomic E-state index is 0.0421. The van der Waals surface area contributed by atoms with Crippen molar-refractivity contribution in [1.29, 1.82) is 0 Å². The number of nitrogens with one attached hydrogen (secondary N) is 2. The fraction of sp³-hybridized carbons (Fsp3) is 0.233. The molecule has 3 rings (SSSR count). The summed E-state index contributed by atoms with van der Waals surface area (Å²) in [5.74, 6) is 0.588. The smallest absolute Gasteiger partial charge is 0.338 e. The highest BCUT2D eigenvalue weighted by molar-refractivity contribution is 6.30. The first-order chi connectivity index (χ1) is 18.4. The van der Waals surface area contributed by atoms with Crippen LogP contribution in [0, 0.1) is 5.92 Å². The Hall–Kier alpha value is -4.10. The van der Waals surface area contributed by atoms with Gasteiger partial charge in [0.05, 0.1) is 18.7 Å².